The van der Waals surface area contributed by atoms with E-state index < -0.39 is 17.5 Å². The Labute approximate surface area is 138 Å². The van der Waals surface area contributed by atoms with Crippen LogP contribution in [0.1, 0.15) is 40.5 Å². The molecule has 0 spiro atoms. The normalized spacial score (nSPS) is 11.3. The summed E-state index contributed by atoms with van der Waals surface area (Å²) in [7, 11) is 0. The summed E-state index contributed by atoms with van der Waals surface area (Å²) in [5.41, 5.74) is -0.542. The summed E-state index contributed by atoms with van der Waals surface area (Å²) in [4.78, 5) is 22.9. The van der Waals surface area contributed by atoms with E-state index in [1.807, 2.05) is 6.92 Å². The monoisotopic (exact) mass is 334 g/mol. The number of hydrogen-bond acceptors (Lipinski definition) is 7. The molecule has 0 bridgehead atoms. The van der Waals surface area contributed by atoms with Crippen LogP contribution in [-0.4, -0.2) is 63.8 Å². The van der Waals surface area contributed by atoms with E-state index in [-0.39, 0.29) is 19.4 Å². The molecule has 0 aromatic carbocycles. The maximum absolute atomic E-state index is 11.4. The van der Waals surface area contributed by atoms with Gasteiger partial charge >= 0.3 is 11.9 Å². The highest BCUT2D eigenvalue weighted by molar-refractivity contribution is 5.77. The van der Waals surface area contributed by atoms with E-state index in [0.29, 0.717) is 39.6 Å². The van der Waals surface area contributed by atoms with Crippen LogP contribution >= 0.6 is 0 Å². The Morgan fingerprint density at radius 3 is 1.74 bits per heavy atom. The van der Waals surface area contributed by atoms with Gasteiger partial charge in [0.1, 0.15) is 12.2 Å². The van der Waals surface area contributed by atoms with Crippen LogP contribution in [0, 0.1) is 0 Å². The van der Waals surface area contributed by atoms with Crippen LogP contribution in [0.15, 0.2) is 0 Å². The summed E-state index contributed by atoms with van der Waals surface area (Å²) in [6.45, 7) is 10.4. The van der Waals surface area contributed by atoms with Gasteiger partial charge in [-0.05, 0) is 27.7 Å². The van der Waals surface area contributed by atoms with Gasteiger partial charge < -0.3 is 23.7 Å². The number of esters is 2. The first-order chi connectivity index (χ1) is 10.8. The molecule has 7 heteroatoms. The van der Waals surface area contributed by atoms with Crippen LogP contribution in [0.5, 0.6) is 0 Å². The third-order valence-electron chi connectivity index (χ3n) is 2.39. The number of carbonyl (C=O) groups excluding carboxylic acids is 2. The van der Waals surface area contributed by atoms with Gasteiger partial charge in [-0.2, -0.15) is 0 Å². The van der Waals surface area contributed by atoms with Crippen molar-refractivity contribution in [1.29, 1.82) is 0 Å². The molecule has 0 saturated heterocycles. The van der Waals surface area contributed by atoms with Gasteiger partial charge in [0.25, 0.3) is 0 Å². The van der Waals surface area contributed by atoms with E-state index in [4.69, 9.17) is 23.7 Å². The second kappa shape index (κ2) is 13.3. The summed E-state index contributed by atoms with van der Waals surface area (Å²) in [6, 6.07) is 0. The van der Waals surface area contributed by atoms with Crippen molar-refractivity contribution < 1.29 is 33.3 Å². The first-order valence-corrected chi connectivity index (χ1v) is 7.96. The molecule has 0 atom stereocenters. The summed E-state index contributed by atoms with van der Waals surface area (Å²) in [6.07, 6.45) is 0.0279. The Bertz CT molecular complexity index is 323. The van der Waals surface area contributed by atoms with Crippen LogP contribution in [0.25, 0.3) is 0 Å². The lowest BCUT2D eigenvalue weighted by Gasteiger charge is -2.19. The van der Waals surface area contributed by atoms with Crippen molar-refractivity contribution in [2.45, 2.75) is 46.1 Å². The molecule has 7 nitrogen and oxygen atoms in total. The Morgan fingerprint density at radius 2 is 1.22 bits per heavy atom. The lowest BCUT2D eigenvalue weighted by molar-refractivity contribution is -0.158. The van der Waals surface area contributed by atoms with E-state index in [2.05, 4.69) is 0 Å². The molecule has 0 unspecified atom stereocenters. The molecule has 0 aliphatic carbocycles. The fourth-order valence-corrected chi connectivity index (χ4v) is 1.47. The molecule has 23 heavy (non-hydrogen) atoms. The predicted octanol–water partition coefficient (Wildman–Crippen LogP) is 1.72. The molecule has 0 fully saturated rings. The smallest absolute Gasteiger partial charge is 0.306 e. The Kier molecular flexibility index (Phi) is 12.6. The summed E-state index contributed by atoms with van der Waals surface area (Å²) >= 11 is 0. The minimum Gasteiger partial charge on any atom is -0.463 e. The quantitative estimate of drug-likeness (QED) is 0.375. The van der Waals surface area contributed by atoms with Crippen LogP contribution in [0.4, 0.5) is 0 Å². The molecule has 0 rings (SSSR count). The minimum absolute atomic E-state index is 0.00938. The molecule has 0 aromatic rings. The fraction of sp³-hybridized carbons (Fsp3) is 0.875. The van der Waals surface area contributed by atoms with E-state index in [0.717, 1.165) is 0 Å². The standard InChI is InChI=1S/C16H30O7/c1-5-19-8-9-20-10-11-21-12-13-22-14(17)6-7-15(18)23-16(2,3)4/h5-13H2,1-4H3. The molecule has 0 heterocycles. The number of rotatable bonds is 13. The van der Waals surface area contributed by atoms with E-state index in [1.54, 1.807) is 20.8 Å². The van der Waals surface area contributed by atoms with Crippen LogP contribution in [0.3, 0.4) is 0 Å². The number of carbonyl (C=O) groups is 2. The second-order valence-corrected chi connectivity index (χ2v) is 5.73. The summed E-state index contributed by atoms with van der Waals surface area (Å²) < 4.78 is 25.7. The van der Waals surface area contributed by atoms with Crippen molar-refractivity contribution in [1.82, 2.24) is 0 Å². The third-order valence-corrected chi connectivity index (χ3v) is 2.39. The summed E-state index contributed by atoms with van der Waals surface area (Å²) in [5, 5.41) is 0. The number of hydrogen-bond donors (Lipinski definition) is 0. The van der Waals surface area contributed by atoms with E-state index in [9.17, 15) is 9.59 Å². The first kappa shape index (κ1) is 21.8. The summed E-state index contributed by atoms with van der Waals surface area (Å²) in [5.74, 6) is -0.845. The zero-order valence-corrected chi connectivity index (χ0v) is 14.7. The molecule has 0 N–H and O–H groups in total. The highest BCUT2D eigenvalue weighted by Crippen LogP contribution is 2.09. The Hall–Kier alpha value is -1.18. The maximum Gasteiger partial charge on any atom is 0.306 e. The first-order valence-electron chi connectivity index (χ1n) is 7.96. The lowest BCUT2D eigenvalue weighted by Crippen LogP contribution is -2.24. The van der Waals surface area contributed by atoms with Crippen molar-refractivity contribution in [2.24, 2.45) is 0 Å². The van der Waals surface area contributed by atoms with Crippen molar-refractivity contribution in [2.75, 3.05) is 46.2 Å². The Morgan fingerprint density at radius 1 is 0.739 bits per heavy atom. The van der Waals surface area contributed by atoms with Crippen LogP contribution in [-0.2, 0) is 33.3 Å². The molecule has 0 radical (unpaired) electrons. The van der Waals surface area contributed by atoms with Gasteiger partial charge in [0.05, 0.1) is 45.9 Å². The van der Waals surface area contributed by atoms with Crippen molar-refractivity contribution >= 4 is 11.9 Å². The predicted molar refractivity (Wildman–Crippen MR) is 84.2 cm³/mol. The van der Waals surface area contributed by atoms with Gasteiger partial charge in [-0.25, -0.2) is 0 Å². The molecule has 0 aliphatic rings. The highest BCUT2D eigenvalue weighted by atomic mass is 16.6. The van der Waals surface area contributed by atoms with Crippen molar-refractivity contribution in [3.8, 4) is 0 Å². The highest BCUT2D eigenvalue weighted by Gasteiger charge is 2.17. The topological polar surface area (TPSA) is 80.3 Å². The molecule has 136 valence electrons. The number of ether oxygens (including phenoxy) is 5. The average molecular weight is 334 g/mol. The largest absolute Gasteiger partial charge is 0.463 e. The minimum atomic E-state index is -0.542. The molecular weight excluding hydrogens is 304 g/mol. The van der Waals surface area contributed by atoms with Crippen LogP contribution in [0.2, 0.25) is 0 Å². The van der Waals surface area contributed by atoms with Gasteiger partial charge in [0, 0.05) is 6.61 Å². The second-order valence-electron chi connectivity index (χ2n) is 5.73. The third kappa shape index (κ3) is 17.0. The van der Waals surface area contributed by atoms with Gasteiger partial charge in [0.15, 0.2) is 0 Å². The van der Waals surface area contributed by atoms with Gasteiger partial charge in [0.2, 0.25) is 0 Å². The molecule has 0 aliphatic heterocycles. The van der Waals surface area contributed by atoms with Crippen molar-refractivity contribution in [3.63, 3.8) is 0 Å². The molecule has 0 aromatic heterocycles. The van der Waals surface area contributed by atoms with Crippen molar-refractivity contribution in [3.05, 3.63) is 0 Å². The fourth-order valence-electron chi connectivity index (χ4n) is 1.47. The zero-order chi connectivity index (χ0) is 17.6. The molecule has 0 amide bonds. The van der Waals surface area contributed by atoms with E-state index >= 15 is 0 Å². The van der Waals surface area contributed by atoms with Gasteiger partial charge in [-0.15, -0.1) is 0 Å². The molecular formula is C16H30O7. The zero-order valence-electron chi connectivity index (χ0n) is 14.7. The van der Waals surface area contributed by atoms with Gasteiger partial charge in [-0.3, -0.25) is 9.59 Å². The lowest BCUT2D eigenvalue weighted by atomic mass is 10.2. The molecule has 0 saturated carbocycles. The van der Waals surface area contributed by atoms with E-state index in [1.165, 1.54) is 0 Å². The maximum atomic E-state index is 11.4. The van der Waals surface area contributed by atoms with Gasteiger partial charge in [-0.1, -0.05) is 0 Å². The SMILES string of the molecule is CCOCCOCCOCCOC(=O)CCC(=O)OC(C)(C)C. The van der Waals surface area contributed by atoms with Crippen LogP contribution < -0.4 is 0 Å². The average Bonchev–Trinajstić information content (AvgIpc) is 2.45. The Balaban J connectivity index is 3.39.